The van der Waals surface area contributed by atoms with Gasteiger partial charge < -0.3 is 24.6 Å². The number of aromatic nitrogens is 6. The van der Waals surface area contributed by atoms with Crippen molar-refractivity contribution in [1.29, 1.82) is 0 Å². The van der Waals surface area contributed by atoms with Gasteiger partial charge in [-0.15, -0.1) is 0 Å². The Morgan fingerprint density at radius 2 is 1.98 bits per heavy atom. The molecule has 1 aliphatic carbocycles. The number of carbonyl (C=O) groups excluding carboxylic acids is 2. The van der Waals surface area contributed by atoms with Crippen LogP contribution in [0.5, 0.6) is 0 Å². The first-order chi connectivity index (χ1) is 22.4. The summed E-state index contributed by atoms with van der Waals surface area (Å²) in [6, 6.07) is 3.88. The van der Waals surface area contributed by atoms with Crippen LogP contribution in [0.3, 0.4) is 0 Å². The molecule has 3 fully saturated rings. The second-order valence-corrected chi connectivity index (χ2v) is 14.6. The molecule has 2 saturated heterocycles. The van der Waals surface area contributed by atoms with E-state index < -0.39 is 17.1 Å². The number of aryl methyl sites for hydroxylation is 1. The number of rotatable bonds is 6. The molecule has 4 atom stereocenters. The minimum Gasteiger partial charge on any atom is -0.444 e. The van der Waals surface area contributed by atoms with Crippen molar-refractivity contribution in [3.05, 3.63) is 29.5 Å². The molecule has 47 heavy (non-hydrogen) atoms. The Kier molecular flexibility index (Phi) is 7.82. The topological polar surface area (TPSA) is 133 Å². The van der Waals surface area contributed by atoms with Gasteiger partial charge in [0.1, 0.15) is 22.6 Å². The maximum atomic E-state index is 13.6. The number of amides is 2. The average molecular weight is 664 g/mol. The number of fused-ring (bicyclic) bond motifs is 3. The molecule has 1 N–H and O–H groups in total. The number of ether oxygens (including phenoxy) is 2. The summed E-state index contributed by atoms with van der Waals surface area (Å²) in [6.45, 7) is 7.68. The van der Waals surface area contributed by atoms with E-state index in [-0.39, 0.29) is 30.5 Å². The molecule has 5 heterocycles. The molecule has 0 spiro atoms. The van der Waals surface area contributed by atoms with Crippen molar-refractivity contribution in [1.82, 2.24) is 39.7 Å². The van der Waals surface area contributed by atoms with Gasteiger partial charge in [-0.2, -0.15) is 10.2 Å². The second-order valence-electron chi connectivity index (χ2n) is 14.2. The highest BCUT2D eigenvalue weighted by Gasteiger charge is 2.70. The van der Waals surface area contributed by atoms with Crippen molar-refractivity contribution < 1.29 is 19.1 Å². The SMILES string of the molecule is CN(C)C(=O)C1(CNC(=O)OC(C)(C)C)C2CCN(c3cnc4c(-c5ccc6nn(C)cc6c5Cl)nn(C5CCCCO5)c4n3)CC21. The van der Waals surface area contributed by atoms with Crippen LogP contribution < -0.4 is 10.2 Å². The lowest BCUT2D eigenvalue weighted by atomic mass is 9.99. The lowest BCUT2D eigenvalue weighted by molar-refractivity contribution is -0.135. The van der Waals surface area contributed by atoms with Crippen LogP contribution in [0.25, 0.3) is 33.3 Å². The van der Waals surface area contributed by atoms with Crippen LogP contribution >= 0.6 is 11.6 Å². The predicted octanol–water partition coefficient (Wildman–Crippen LogP) is 4.79. The highest BCUT2D eigenvalue weighted by molar-refractivity contribution is 6.38. The Bertz CT molecular complexity index is 1860. The normalized spacial score (nSPS) is 24.3. The molecule has 2 amide bonds. The van der Waals surface area contributed by atoms with Gasteiger partial charge in [-0.05, 0) is 70.4 Å². The zero-order valence-corrected chi connectivity index (χ0v) is 28.5. The van der Waals surface area contributed by atoms with Gasteiger partial charge in [0.25, 0.3) is 0 Å². The summed E-state index contributed by atoms with van der Waals surface area (Å²) in [4.78, 5) is 40.1. The third-order valence-corrected chi connectivity index (χ3v) is 10.1. The Balaban J connectivity index is 1.21. The average Bonchev–Trinajstić information content (AvgIpc) is 3.27. The minimum absolute atomic E-state index is 0.0200. The zero-order chi connectivity index (χ0) is 33.2. The van der Waals surface area contributed by atoms with Crippen LogP contribution in [0.15, 0.2) is 24.5 Å². The molecule has 13 nitrogen and oxygen atoms in total. The first-order valence-corrected chi connectivity index (χ1v) is 16.7. The van der Waals surface area contributed by atoms with E-state index in [1.807, 2.05) is 50.8 Å². The van der Waals surface area contributed by atoms with E-state index >= 15 is 0 Å². The van der Waals surface area contributed by atoms with Crippen molar-refractivity contribution in [2.45, 2.75) is 58.3 Å². The Morgan fingerprint density at radius 3 is 2.70 bits per heavy atom. The van der Waals surface area contributed by atoms with E-state index in [4.69, 9.17) is 36.1 Å². The number of hydrogen-bond donors (Lipinski definition) is 1. The van der Waals surface area contributed by atoms with Gasteiger partial charge in [-0.1, -0.05) is 11.6 Å². The number of carbonyl (C=O) groups is 2. The number of halogens is 1. The Morgan fingerprint density at radius 1 is 1.17 bits per heavy atom. The summed E-state index contributed by atoms with van der Waals surface area (Å²) >= 11 is 6.95. The summed E-state index contributed by atoms with van der Waals surface area (Å²) in [5.41, 5.74) is 2.17. The fourth-order valence-electron chi connectivity index (χ4n) is 7.50. The van der Waals surface area contributed by atoms with Crippen LogP contribution in [0.1, 0.15) is 52.7 Å². The lowest BCUT2D eigenvalue weighted by Crippen LogP contribution is -2.43. The molecule has 3 aromatic heterocycles. The summed E-state index contributed by atoms with van der Waals surface area (Å²) < 4.78 is 15.3. The van der Waals surface area contributed by atoms with Crippen LogP contribution in [0.2, 0.25) is 5.02 Å². The molecule has 14 heteroatoms. The molecule has 1 aromatic carbocycles. The van der Waals surface area contributed by atoms with Crippen molar-refractivity contribution in [3.8, 4) is 11.3 Å². The first-order valence-electron chi connectivity index (χ1n) is 16.3. The molecule has 7 rings (SSSR count). The van der Waals surface area contributed by atoms with Crippen LogP contribution in [0.4, 0.5) is 10.6 Å². The number of nitrogens with one attached hydrogen (secondary N) is 1. The maximum absolute atomic E-state index is 13.6. The summed E-state index contributed by atoms with van der Waals surface area (Å²) in [6.07, 6.45) is 6.57. The van der Waals surface area contributed by atoms with E-state index in [2.05, 4.69) is 15.3 Å². The maximum Gasteiger partial charge on any atom is 0.407 e. The third kappa shape index (κ3) is 5.56. The second kappa shape index (κ2) is 11.6. The zero-order valence-electron chi connectivity index (χ0n) is 27.8. The number of benzene rings is 1. The van der Waals surface area contributed by atoms with E-state index in [1.54, 1.807) is 29.9 Å². The first kappa shape index (κ1) is 31.6. The molecular weight excluding hydrogens is 622 g/mol. The number of nitrogens with zero attached hydrogens (tertiary/aromatic N) is 8. The van der Waals surface area contributed by atoms with Crippen molar-refractivity contribution in [2.75, 3.05) is 45.2 Å². The van der Waals surface area contributed by atoms with E-state index in [0.29, 0.717) is 47.4 Å². The minimum atomic E-state index is -0.695. The highest BCUT2D eigenvalue weighted by Crippen LogP contribution is 2.63. The van der Waals surface area contributed by atoms with E-state index in [9.17, 15) is 9.59 Å². The van der Waals surface area contributed by atoms with Gasteiger partial charge in [-0.25, -0.2) is 19.4 Å². The van der Waals surface area contributed by atoms with Gasteiger partial charge in [-0.3, -0.25) is 9.48 Å². The number of alkyl carbamates (subject to hydrolysis) is 1. The fraction of sp³-hybridized carbons (Fsp3) is 0.576. The monoisotopic (exact) mass is 663 g/mol. The van der Waals surface area contributed by atoms with Gasteiger partial charge in [0.05, 0.1) is 22.2 Å². The van der Waals surface area contributed by atoms with Gasteiger partial charge in [0.15, 0.2) is 11.9 Å². The smallest absolute Gasteiger partial charge is 0.407 e. The van der Waals surface area contributed by atoms with Gasteiger partial charge in [0.2, 0.25) is 5.91 Å². The van der Waals surface area contributed by atoms with E-state index in [1.165, 1.54) is 0 Å². The quantitative estimate of drug-likeness (QED) is 0.309. The van der Waals surface area contributed by atoms with Crippen molar-refractivity contribution in [2.24, 2.45) is 24.3 Å². The molecule has 4 unspecified atom stereocenters. The molecular formula is C33H42ClN9O4. The van der Waals surface area contributed by atoms with Gasteiger partial charge >= 0.3 is 6.09 Å². The summed E-state index contributed by atoms with van der Waals surface area (Å²) in [7, 11) is 5.41. The highest BCUT2D eigenvalue weighted by atomic mass is 35.5. The van der Waals surface area contributed by atoms with Crippen LogP contribution in [-0.4, -0.2) is 92.4 Å². The van der Waals surface area contributed by atoms with Gasteiger partial charge in [0, 0.05) is 64.5 Å². The van der Waals surface area contributed by atoms with E-state index in [0.717, 1.165) is 42.1 Å². The Hall–Kier alpha value is -3.97. The predicted molar refractivity (Wildman–Crippen MR) is 178 cm³/mol. The third-order valence-electron chi connectivity index (χ3n) is 9.69. The fourth-order valence-corrected chi connectivity index (χ4v) is 7.80. The number of anilines is 1. The van der Waals surface area contributed by atoms with Crippen molar-refractivity contribution in [3.63, 3.8) is 0 Å². The molecule has 1 saturated carbocycles. The molecule has 250 valence electrons. The summed E-state index contributed by atoms with van der Waals surface area (Å²) in [5, 5.41) is 13.8. The lowest BCUT2D eigenvalue weighted by Gasteiger charge is -2.27. The standard InChI is InChI=1S/C33H42ClN9O4/c1-32(2,3)47-31(45)36-18-33(30(44)40(4)5)21-12-13-42(17-22(21)33)24-15-35-28-27(19-10-11-23-20(26(19)34)16-41(6)38-23)39-43(29(28)37-24)25-9-7-8-14-46-25/h10-11,15-16,21-22,25H,7-9,12-14,17-18H2,1-6H3,(H,36,45). The Labute approximate surface area is 278 Å². The van der Waals surface area contributed by atoms with Crippen LogP contribution in [-0.2, 0) is 21.3 Å². The molecule has 4 aromatic rings. The van der Waals surface area contributed by atoms with Crippen LogP contribution in [0, 0.1) is 17.3 Å². The largest absolute Gasteiger partial charge is 0.444 e. The molecule has 3 aliphatic rings. The van der Waals surface area contributed by atoms with Crippen molar-refractivity contribution >= 4 is 51.5 Å². The number of piperidine rings is 1. The molecule has 0 bridgehead atoms. The summed E-state index contributed by atoms with van der Waals surface area (Å²) in [5.74, 6) is 0.932. The number of hydrogen-bond acceptors (Lipinski definition) is 9. The molecule has 0 radical (unpaired) electrons. The molecule has 2 aliphatic heterocycles.